The summed E-state index contributed by atoms with van der Waals surface area (Å²) in [5, 5.41) is 0. The Morgan fingerprint density at radius 1 is 0.643 bits per heavy atom. The van der Waals surface area contributed by atoms with E-state index in [1.807, 2.05) is 0 Å². The van der Waals surface area contributed by atoms with Gasteiger partial charge in [0.1, 0.15) is 8.64 Å². The standard InChI is InChI=1S/C24H20N8O6S4/c33-15(27-29-19(35)13-1-7-25-8-2-13)5-11-31-21(37)17(41-23(31)39)18-22(38)32(24(40)42-18)12-6-16(34)28-30-20(36)14-3-9-26-10-4-14/h1-4,7-10H,5-6,11-12H2,(H,27,33)(H,28,34)(H,29,35)(H,30,36). The summed E-state index contributed by atoms with van der Waals surface area (Å²) >= 11 is 12.4. The van der Waals surface area contributed by atoms with E-state index in [0.717, 1.165) is 23.5 Å². The lowest BCUT2D eigenvalue weighted by Crippen LogP contribution is -2.43. The van der Waals surface area contributed by atoms with E-state index in [4.69, 9.17) is 24.4 Å². The highest BCUT2D eigenvalue weighted by Crippen LogP contribution is 2.42. The molecule has 0 aromatic carbocycles. The van der Waals surface area contributed by atoms with Gasteiger partial charge in [-0.05, 0) is 24.3 Å². The molecule has 0 atom stereocenters. The van der Waals surface area contributed by atoms with Crippen LogP contribution in [0.3, 0.4) is 0 Å². The molecule has 18 heteroatoms. The van der Waals surface area contributed by atoms with Crippen LogP contribution >= 0.6 is 48.0 Å². The van der Waals surface area contributed by atoms with Crippen LogP contribution in [0.4, 0.5) is 0 Å². The van der Waals surface area contributed by atoms with Gasteiger partial charge < -0.3 is 0 Å². The lowest BCUT2D eigenvalue weighted by Gasteiger charge is -2.15. The lowest BCUT2D eigenvalue weighted by atomic mass is 10.2. The second-order valence-corrected chi connectivity index (χ2v) is 11.6. The quantitative estimate of drug-likeness (QED) is 0.177. The first-order valence-electron chi connectivity index (χ1n) is 12.0. The third-order valence-electron chi connectivity index (χ3n) is 5.55. The highest BCUT2D eigenvalue weighted by molar-refractivity contribution is 8.29. The van der Waals surface area contributed by atoms with Gasteiger partial charge in [-0.2, -0.15) is 0 Å². The van der Waals surface area contributed by atoms with Crippen molar-refractivity contribution in [2.24, 2.45) is 0 Å². The molecule has 6 amide bonds. The van der Waals surface area contributed by atoms with E-state index in [9.17, 15) is 28.8 Å². The fraction of sp³-hybridized carbons (Fsp3) is 0.167. The van der Waals surface area contributed by atoms with E-state index < -0.39 is 35.4 Å². The Kier molecular flexibility index (Phi) is 10.3. The van der Waals surface area contributed by atoms with Crippen molar-refractivity contribution in [1.82, 2.24) is 41.5 Å². The van der Waals surface area contributed by atoms with Gasteiger partial charge in [0.15, 0.2) is 0 Å². The third-order valence-corrected chi connectivity index (χ3v) is 8.57. The Hall–Kier alpha value is -4.26. The minimum atomic E-state index is -0.562. The third kappa shape index (κ3) is 7.52. The normalized spacial score (nSPS) is 16.5. The van der Waals surface area contributed by atoms with E-state index in [2.05, 4.69) is 31.7 Å². The maximum Gasteiger partial charge on any atom is 0.269 e. The summed E-state index contributed by atoms with van der Waals surface area (Å²) in [4.78, 5) is 84.8. The fourth-order valence-corrected chi connectivity index (χ4v) is 6.18. The van der Waals surface area contributed by atoms with Crippen molar-refractivity contribution >= 4 is 92.0 Å². The van der Waals surface area contributed by atoms with Crippen molar-refractivity contribution in [2.45, 2.75) is 12.8 Å². The molecule has 4 heterocycles. The molecule has 4 rings (SSSR count). The van der Waals surface area contributed by atoms with Crippen LogP contribution in [0.25, 0.3) is 0 Å². The van der Waals surface area contributed by atoms with Crippen molar-refractivity contribution in [1.29, 1.82) is 0 Å². The predicted octanol–water partition coefficient (Wildman–Crippen LogP) is 0.411. The predicted molar refractivity (Wildman–Crippen MR) is 160 cm³/mol. The van der Waals surface area contributed by atoms with Crippen molar-refractivity contribution < 1.29 is 28.8 Å². The van der Waals surface area contributed by atoms with Crippen molar-refractivity contribution in [3.8, 4) is 0 Å². The number of carbonyl (C=O) groups excluding carboxylic acids is 6. The van der Waals surface area contributed by atoms with E-state index in [0.29, 0.717) is 11.1 Å². The molecule has 2 fully saturated rings. The van der Waals surface area contributed by atoms with E-state index in [-0.39, 0.29) is 44.4 Å². The Labute approximate surface area is 257 Å². The van der Waals surface area contributed by atoms with Crippen LogP contribution in [0, 0.1) is 0 Å². The second kappa shape index (κ2) is 14.1. The number of hydrogen-bond donors (Lipinski definition) is 4. The van der Waals surface area contributed by atoms with Crippen LogP contribution in [-0.2, 0) is 19.2 Å². The van der Waals surface area contributed by atoms with Crippen molar-refractivity contribution in [3.63, 3.8) is 0 Å². The topological polar surface area (TPSA) is 183 Å². The number of pyridine rings is 2. The zero-order valence-corrected chi connectivity index (χ0v) is 24.6. The van der Waals surface area contributed by atoms with Crippen molar-refractivity contribution in [3.05, 3.63) is 70.0 Å². The summed E-state index contributed by atoms with van der Waals surface area (Å²) in [6, 6.07) is 5.90. The summed E-state index contributed by atoms with van der Waals surface area (Å²) in [5.41, 5.74) is 9.67. The van der Waals surface area contributed by atoms with Crippen LogP contribution in [0.15, 0.2) is 58.9 Å². The van der Waals surface area contributed by atoms with Crippen LogP contribution < -0.4 is 21.7 Å². The molecule has 0 spiro atoms. The van der Waals surface area contributed by atoms with Gasteiger partial charge in [0.2, 0.25) is 11.8 Å². The highest BCUT2D eigenvalue weighted by atomic mass is 32.2. The van der Waals surface area contributed by atoms with Crippen LogP contribution in [-0.4, -0.2) is 76.9 Å². The Balaban J connectivity index is 1.27. The lowest BCUT2D eigenvalue weighted by molar-refractivity contribution is -0.126. The van der Waals surface area contributed by atoms with Crippen LogP contribution in [0.2, 0.25) is 0 Å². The molecule has 2 aliphatic rings. The number of nitrogens with zero attached hydrogens (tertiary/aromatic N) is 4. The molecule has 0 aliphatic carbocycles. The molecule has 14 nitrogen and oxygen atoms in total. The van der Waals surface area contributed by atoms with Gasteiger partial charge in [0, 0.05) is 61.8 Å². The molecular formula is C24H20N8O6S4. The molecule has 2 saturated heterocycles. The number of hydrogen-bond acceptors (Lipinski definition) is 12. The molecule has 2 aromatic heterocycles. The molecule has 0 unspecified atom stereocenters. The summed E-state index contributed by atoms with van der Waals surface area (Å²) in [5.74, 6) is -3.32. The van der Waals surface area contributed by atoms with Gasteiger partial charge in [0.05, 0.1) is 9.81 Å². The number of carbonyl (C=O) groups is 6. The van der Waals surface area contributed by atoms with E-state index in [1.165, 1.54) is 58.9 Å². The van der Waals surface area contributed by atoms with E-state index in [1.54, 1.807) is 0 Å². The number of thioether (sulfide) groups is 2. The number of rotatable bonds is 8. The minimum Gasteiger partial charge on any atom is -0.292 e. The molecule has 2 aromatic rings. The smallest absolute Gasteiger partial charge is 0.269 e. The summed E-state index contributed by atoms with van der Waals surface area (Å²) < 4.78 is 0.302. The number of amides is 6. The van der Waals surface area contributed by atoms with Gasteiger partial charge in [-0.25, -0.2) is 0 Å². The maximum atomic E-state index is 13.1. The Morgan fingerprint density at radius 2 is 1.00 bits per heavy atom. The molecule has 0 bridgehead atoms. The first-order valence-corrected chi connectivity index (χ1v) is 14.4. The van der Waals surface area contributed by atoms with Crippen LogP contribution in [0.5, 0.6) is 0 Å². The molecule has 4 N–H and O–H groups in total. The molecule has 216 valence electrons. The number of aromatic nitrogens is 2. The van der Waals surface area contributed by atoms with Crippen LogP contribution in [0.1, 0.15) is 33.6 Å². The van der Waals surface area contributed by atoms with Crippen molar-refractivity contribution in [2.75, 3.05) is 13.1 Å². The largest absolute Gasteiger partial charge is 0.292 e. The Morgan fingerprint density at radius 3 is 1.36 bits per heavy atom. The highest BCUT2D eigenvalue weighted by Gasteiger charge is 2.42. The van der Waals surface area contributed by atoms with Gasteiger partial charge in [0.25, 0.3) is 23.6 Å². The van der Waals surface area contributed by atoms with Gasteiger partial charge in [-0.1, -0.05) is 48.0 Å². The van der Waals surface area contributed by atoms with Gasteiger partial charge in [-0.3, -0.25) is 70.2 Å². The average molecular weight is 645 g/mol. The number of thiocarbonyl (C=S) groups is 2. The monoisotopic (exact) mass is 644 g/mol. The molecule has 0 saturated carbocycles. The summed E-state index contributed by atoms with van der Waals surface area (Å²) in [6.07, 6.45) is 5.38. The molecule has 2 aliphatic heterocycles. The van der Waals surface area contributed by atoms with E-state index >= 15 is 0 Å². The fourth-order valence-electron chi connectivity index (χ4n) is 3.41. The van der Waals surface area contributed by atoms with Gasteiger partial charge >= 0.3 is 0 Å². The summed E-state index contributed by atoms with van der Waals surface area (Å²) in [6.45, 7) is -0.173. The van der Waals surface area contributed by atoms with Gasteiger partial charge in [-0.15, -0.1) is 0 Å². The minimum absolute atomic E-state index is 0.0697. The first kappa shape index (κ1) is 30.7. The number of nitrogens with one attached hydrogen (secondary N) is 4. The second-order valence-electron chi connectivity index (χ2n) is 8.28. The Bertz CT molecular complexity index is 1390. The first-order chi connectivity index (χ1) is 20.2. The zero-order valence-electron chi connectivity index (χ0n) is 21.3. The average Bonchev–Trinajstić information content (AvgIpc) is 3.45. The zero-order chi connectivity index (χ0) is 30.2. The molecule has 0 radical (unpaired) electrons. The SMILES string of the molecule is O=C(CCN1C(=O)C(=C2SC(=S)N(CCC(=O)NNC(=O)c3ccncc3)C2=O)SC1=S)NNC(=O)c1ccncc1. The molecular weight excluding hydrogens is 625 g/mol. The molecule has 42 heavy (non-hydrogen) atoms. The summed E-state index contributed by atoms with van der Waals surface area (Å²) in [7, 11) is 0. The number of hydrazine groups is 2. The maximum absolute atomic E-state index is 13.1.